The Bertz CT molecular complexity index is 731. The number of hydrogen-bond donors (Lipinski definition) is 2. The van der Waals surface area contributed by atoms with E-state index in [1.807, 2.05) is 6.92 Å². The van der Waals surface area contributed by atoms with Crippen molar-refractivity contribution in [1.82, 2.24) is 10.2 Å². The van der Waals surface area contributed by atoms with Gasteiger partial charge in [-0.15, -0.1) is 0 Å². The van der Waals surface area contributed by atoms with Crippen LogP contribution in [-0.2, 0) is 20.9 Å². The maximum absolute atomic E-state index is 12.8. The van der Waals surface area contributed by atoms with E-state index in [9.17, 15) is 19.5 Å². The Morgan fingerprint density at radius 1 is 1.28 bits per heavy atom. The van der Waals surface area contributed by atoms with Crippen LogP contribution in [0, 0.1) is 5.92 Å². The molecule has 0 saturated carbocycles. The van der Waals surface area contributed by atoms with Crippen LogP contribution >= 0.6 is 0 Å². The first-order valence-electron chi connectivity index (χ1n) is 9.69. The number of unbranched alkanes of at least 4 members (excludes halogenated alkanes) is 1. The topological polar surface area (TPSA) is 105 Å². The quantitative estimate of drug-likeness (QED) is 0.581. The van der Waals surface area contributed by atoms with E-state index in [0.717, 1.165) is 18.4 Å². The van der Waals surface area contributed by atoms with Crippen molar-refractivity contribution in [2.45, 2.75) is 38.8 Å². The number of methoxy groups -OCH3 is 1. The lowest BCUT2D eigenvalue weighted by Crippen LogP contribution is -2.46. The SMILES string of the molecule is CCCC[C@H](CNC(=O)OCc1ccc(OC)cc1)C(=O)N1CC=C[C@H]1C(=O)O. The van der Waals surface area contributed by atoms with Gasteiger partial charge in [-0.2, -0.15) is 0 Å². The van der Waals surface area contributed by atoms with E-state index in [-0.39, 0.29) is 25.6 Å². The molecule has 0 saturated heterocycles. The minimum absolute atomic E-state index is 0.0978. The van der Waals surface area contributed by atoms with E-state index < -0.39 is 24.0 Å². The average Bonchev–Trinajstić information content (AvgIpc) is 3.22. The summed E-state index contributed by atoms with van der Waals surface area (Å²) in [5, 5.41) is 11.9. The van der Waals surface area contributed by atoms with Gasteiger partial charge < -0.3 is 24.8 Å². The van der Waals surface area contributed by atoms with Crippen molar-refractivity contribution >= 4 is 18.0 Å². The molecular weight excluding hydrogens is 376 g/mol. The van der Waals surface area contributed by atoms with Gasteiger partial charge in [0, 0.05) is 13.1 Å². The number of amides is 2. The monoisotopic (exact) mass is 404 g/mol. The minimum Gasteiger partial charge on any atom is -0.497 e. The first-order valence-corrected chi connectivity index (χ1v) is 9.69. The van der Waals surface area contributed by atoms with Crippen LogP contribution in [0.2, 0.25) is 0 Å². The predicted molar refractivity (Wildman–Crippen MR) is 106 cm³/mol. The number of alkyl carbamates (subject to hydrolysis) is 1. The van der Waals surface area contributed by atoms with Gasteiger partial charge in [-0.05, 0) is 24.1 Å². The summed E-state index contributed by atoms with van der Waals surface area (Å²) >= 11 is 0. The molecule has 2 atom stereocenters. The van der Waals surface area contributed by atoms with Crippen molar-refractivity contribution < 1.29 is 29.0 Å². The van der Waals surface area contributed by atoms with Gasteiger partial charge in [-0.3, -0.25) is 4.79 Å². The fraction of sp³-hybridized carbons (Fsp3) is 0.476. The van der Waals surface area contributed by atoms with Crippen molar-refractivity contribution in [2.75, 3.05) is 20.2 Å². The fourth-order valence-corrected chi connectivity index (χ4v) is 3.09. The second-order valence-corrected chi connectivity index (χ2v) is 6.85. The van der Waals surface area contributed by atoms with Crippen molar-refractivity contribution in [3.8, 4) is 5.75 Å². The summed E-state index contributed by atoms with van der Waals surface area (Å²) in [6.07, 6.45) is 4.82. The first kappa shape index (κ1) is 22.3. The van der Waals surface area contributed by atoms with E-state index >= 15 is 0 Å². The summed E-state index contributed by atoms with van der Waals surface area (Å²) < 4.78 is 10.3. The maximum atomic E-state index is 12.8. The highest BCUT2D eigenvalue weighted by atomic mass is 16.5. The molecule has 158 valence electrons. The predicted octanol–water partition coefficient (Wildman–Crippen LogP) is 2.58. The number of carboxylic acid groups (broad SMARTS) is 1. The molecule has 0 unspecified atom stereocenters. The lowest BCUT2D eigenvalue weighted by atomic mass is 10.00. The van der Waals surface area contributed by atoms with Crippen LogP contribution in [0.5, 0.6) is 5.75 Å². The second kappa shape index (κ2) is 11.1. The van der Waals surface area contributed by atoms with Crippen molar-refractivity contribution in [3.63, 3.8) is 0 Å². The zero-order chi connectivity index (χ0) is 21.2. The molecule has 29 heavy (non-hydrogen) atoms. The molecule has 8 nitrogen and oxygen atoms in total. The number of nitrogens with one attached hydrogen (secondary N) is 1. The standard InChI is InChI=1S/C21H28N2O6/c1-3-4-6-16(19(24)23-12-5-7-18(23)20(25)26)13-22-21(27)29-14-15-8-10-17(28-2)11-9-15/h5,7-11,16,18H,3-4,6,12-14H2,1-2H3,(H,22,27)(H,25,26)/t16-,18+/m1/s1. The molecule has 0 aliphatic carbocycles. The number of ether oxygens (including phenoxy) is 2. The zero-order valence-corrected chi connectivity index (χ0v) is 16.8. The average molecular weight is 404 g/mol. The molecular formula is C21H28N2O6. The van der Waals surface area contributed by atoms with Crippen LogP contribution in [0.15, 0.2) is 36.4 Å². The molecule has 2 rings (SSSR count). The van der Waals surface area contributed by atoms with Gasteiger partial charge in [0.2, 0.25) is 5.91 Å². The second-order valence-electron chi connectivity index (χ2n) is 6.85. The van der Waals surface area contributed by atoms with Crippen LogP contribution in [0.25, 0.3) is 0 Å². The van der Waals surface area contributed by atoms with Gasteiger partial charge in [0.1, 0.15) is 18.4 Å². The third kappa shape index (κ3) is 6.51. The normalized spacial score (nSPS) is 16.3. The number of rotatable bonds is 10. The molecule has 1 aliphatic rings. The van der Waals surface area contributed by atoms with Crippen LogP contribution in [0.3, 0.4) is 0 Å². The van der Waals surface area contributed by atoms with Crippen molar-refractivity contribution in [2.24, 2.45) is 5.92 Å². The molecule has 0 fully saturated rings. The summed E-state index contributed by atoms with van der Waals surface area (Å²) in [4.78, 5) is 37.5. The molecule has 1 heterocycles. The van der Waals surface area contributed by atoms with Crippen molar-refractivity contribution in [3.05, 3.63) is 42.0 Å². The van der Waals surface area contributed by atoms with Crippen molar-refractivity contribution in [1.29, 1.82) is 0 Å². The number of carboxylic acids is 1. The van der Waals surface area contributed by atoms with E-state index in [1.165, 1.54) is 11.0 Å². The Labute approximate surface area is 170 Å². The summed E-state index contributed by atoms with van der Waals surface area (Å²) in [5.41, 5.74) is 0.812. The van der Waals surface area contributed by atoms with Gasteiger partial charge in [0.05, 0.1) is 13.0 Å². The zero-order valence-electron chi connectivity index (χ0n) is 16.8. The third-order valence-electron chi connectivity index (χ3n) is 4.77. The lowest BCUT2D eigenvalue weighted by molar-refractivity contribution is -0.148. The highest BCUT2D eigenvalue weighted by Crippen LogP contribution is 2.18. The number of hydrogen-bond acceptors (Lipinski definition) is 5. The Hall–Kier alpha value is -3.03. The number of carbonyl (C=O) groups is 3. The van der Waals surface area contributed by atoms with E-state index in [1.54, 1.807) is 37.5 Å². The fourth-order valence-electron chi connectivity index (χ4n) is 3.09. The summed E-state index contributed by atoms with van der Waals surface area (Å²) in [7, 11) is 1.58. The number of nitrogens with zero attached hydrogens (tertiary/aromatic N) is 1. The molecule has 8 heteroatoms. The van der Waals surface area contributed by atoms with Gasteiger partial charge in [-0.1, -0.05) is 44.1 Å². The highest BCUT2D eigenvalue weighted by Gasteiger charge is 2.34. The van der Waals surface area contributed by atoms with Crippen LogP contribution < -0.4 is 10.1 Å². The maximum Gasteiger partial charge on any atom is 0.407 e. The molecule has 1 aromatic carbocycles. The summed E-state index contributed by atoms with van der Waals surface area (Å²) in [5.74, 6) is -1.11. The molecule has 2 amide bonds. The molecule has 0 bridgehead atoms. The Balaban J connectivity index is 1.87. The van der Waals surface area contributed by atoms with Crippen LogP contribution in [0.4, 0.5) is 4.79 Å². The molecule has 0 spiro atoms. The number of carbonyl (C=O) groups excluding carboxylic acids is 2. The Morgan fingerprint density at radius 2 is 2.00 bits per heavy atom. The molecule has 1 aromatic rings. The van der Waals surface area contributed by atoms with Gasteiger partial charge in [0.15, 0.2) is 0 Å². The third-order valence-corrected chi connectivity index (χ3v) is 4.77. The van der Waals surface area contributed by atoms with Crippen LogP contribution in [0.1, 0.15) is 31.7 Å². The van der Waals surface area contributed by atoms with E-state index in [4.69, 9.17) is 9.47 Å². The lowest BCUT2D eigenvalue weighted by Gasteiger charge is -2.27. The summed E-state index contributed by atoms with van der Waals surface area (Å²) in [6.45, 7) is 2.47. The van der Waals surface area contributed by atoms with Gasteiger partial charge >= 0.3 is 12.1 Å². The van der Waals surface area contributed by atoms with Gasteiger partial charge in [-0.25, -0.2) is 9.59 Å². The Morgan fingerprint density at radius 3 is 2.62 bits per heavy atom. The largest absolute Gasteiger partial charge is 0.497 e. The highest BCUT2D eigenvalue weighted by molar-refractivity contribution is 5.87. The Kier molecular flexibility index (Phi) is 8.51. The number of aliphatic carboxylic acids is 1. The molecule has 1 aliphatic heterocycles. The first-order chi connectivity index (χ1) is 14.0. The van der Waals surface area contributed by atoms with E-state index in [2.05, 4.69) is 5.32 Å². The van der Waals surface area contributed by atoms with Crippen LogP contribution in [-0.4, -0.2) is 54.2 Å². The molecule has 0 aromatic heterocycles. The molecule has 2 N–H and O–H groups in total. The smallest absolute Gasteiger partial charge is 0.407 e. The summed E-state index contributed by atoms with van der Waals surface area (Å²) in [6, 6.07) is 6.20. The minimum atomic E-state index is -1.06. The van der Waals surface area contributed by atoms with E-state index in [0.29, 0.717) is 12.2 Å². The molecule has 0 radical (unpaired) electrons. The van der Waals surface area contributed by atoms with Gasteiger partial charge in [0.25, 0.3) is 0 Å². The number of benzene rings is 1.